The normalized spacial score (nSPS) is 17.3. The molecule has 21 heavy (non-hydrogen) atoms. The van der Waals surface area contributed by atoms with Crippen LogP contribution in [0.1, 0.15) is 12.0 Å². The van der Waals surface area contributed by atoms with Gasteiger partial charge in [-0.1, -0.05) is 12.1 Å². The molecule has 0 aliphatic carbocycles. The van der Waals surface area contributed by atoms with Crippen LogP contribution < -0.4 is 21.3 Å². The molecule has 0 bridgehead atoms. The highest BCUT2D eigenvalue weighted by atomic mass is 16.3. The van der Waals surface area contributed by atoms with Gasteiger partial charge >= 0.3 is 12.1 Å². The molecule has 0 spiro atoms. The number of anilines is 1. The van der Waals surface area contributed by atoms with E-state index in [-0.39, 0.29) is 6.03 Å². The van der Waals surface area contributed by atoms with Crippen LogP contribution in [0.5, 0.6) is 0 Å². The Morgan fingerprint density at radius 3 is 2.95 bits per heavy atom. The van der Waals surface area contributed by atoms with Gasteiger partial charge in [0.15, 0.2) is 6.23 Å². The number of carbonyl (C=O) groups is 2. The molecule has 1 aromatic rings. The molecule has 0 aromatic heterocycles. The van der Waals surface area contributed by atoms with E-state index in [4.69, 9.17) is 0 Å². The minimum absolute atomic E-state index is 0.316. The Kier molecular flexibility index (Phi) is 4.78. The van der Waals surface area contributed by atoms with Crippen LogP contribution in [0.2, 0.25) is 0 Å². The summed E-state index contributed by atoms with van der Waals surface area (Å²) in [5, 5.41) is 19.8. The fourth-order valence-corrected chi connectivity index (χ4v) is 1.92. The quantitative estimate of drug-likeness (QED) is 0.572. The third-order valence-corrected chi connectivity index (χ3v) is 2.98. The molecule has 7 heteroatoms. The average molecular weight is 290 g/mol. The van der Waals surface area contributed by atoms with Gasteiger partial charge in [0.05, 0.1) is 0 Å². The number of hydrogen-bond acceptors (Lipinski definition) is 3. The molecule has 4 amide bonds. The predicted molar refractivity (Wildman–Crippen MR) is 78.6 cm³/mol. The van der Waals surface area contributed by atoms with Crippen molar-refractivity contribution in [3.63, 3.8) is 0 Å². The number of hydrogen-bond donors (Lipinski definition) is 5. The smallest absolute Gasteiger partial charge is 0.321 e. The van der Waals surface area contributed by atoms with Gasteiger partial charge in [0.25, 0.3) is 0 Å². The molecular formula is C14H18N4O3. The van der Waals surface area contributed by atoms with Crippen molar-refractivity contribution >= 4 is 17.7 Å². The number of nitrogens with one attached hydrogen (secondary N) is 4. The summed E-state index contributed by atoms with van der Waals surface area (Å²) in [6.45, 7) is 2.29. The van der Waals surface area contributed by atoms with Crippen molar-refractivity contribution in [3.8, 4) is 0 Å². The van der Waals surface area contributed by atoms with Gasteiger partial charge in [-0.25, -0.2) is 9.59 Å². The molecule has 1 aliphatic rings. The lowest BCUT2D eigenvalue weighted by Gasteiger charge is -2.21. The van der Waals surface area contributed by atoms with E-state index in [1.807, 2.05) is 25.1 Å². The summed E-state index contributed by atoms with van der Waals surface area (Å²) in [6.07, 6.45) is 0.861. The Morgan fingerprint density at radius 1 is 1.43 bits per heavy atom. The van der Waals surface area contributed by atoms with Crippen molar-refractivity contribution in [2.75, 3.05) is 11.9 Å². The van der Waals surface area contributed by atoms with E-state index >= 15 is 0 Å². The Morgan fingerprint density at radius 2 is 2.24 bits per heavy atom. The van der Waals surface area contributed by atoms with Crippen molar-refractivity contribution in [1.82, 2.24) is 16.0 Å². The number of aryl methyl sites for hydroxylation is 1. The molecular weight excluding hydrogens is 272 g/mol. The number of carbonyl (C=O) groups excluding carboxylic acids is 2. The number of amides is 4. The second-order valence-corrected chi connectivity index (χ2v) is 4.74. The van der Waals surface area contributed by atoms with Crippen molar-refractivity contribution in [2.24, 2.45) is 0 Å². The van der Waals surface area contributed by atoms with Crippen molar-refractivity contribution in [1.29, 1.82) is 0 Å². The Bertz CT molecular complexity index is 571. The summed E-state index contributed by atoms with van der Waals surface area (Å²) in [4.78, 5) is 22.6. The van der Waals surface area contributed by atoms with Crippen LogP contribution in [0.25, 0.3) is 0 Å². The first kappa shape index (κ1) is 14.9. The molecule has 1 aliphatic heterocycles. The highest BCUT2D eigenvalue weighted by molar-refractivity contribution is 5.89. The van der Waals surface area contributed by atoms with E-state index in [0.717, 1.165) is 11.3 Å². The lowest BCUT2D eigenvalue weighted by Crippen LogP contribution is -2.46. The Labute approximate surface area is 122 Å². The molecule has 0 saturated heterocycles. The fraction of sp³-hybridized carbons (Fsp3) is 0.286. The Balaban J connectivity index is 1.76. The zero-order valence-corrected chi connectivity index (χ0v) is 11.6. The van der Waals surface area contributed by atoms with Crippen LogP contribution in [-0.4, -0.2) is 29.9 Å². The van der Waals surface area contributed by atoms with Crippen molar-refractivity contribution in [3.05, 3.63) is 41.6 Å². The molecule has 1 heterocycles. The standard InChI is InChI=1S/C14H18N4O3/c1-9-3-2-4-11(7-9)17-13(20)15-6-5-10-8-16-14(21)18-12(10)19/h2-4,7-8,12,19H,5-6H2,1H3,(H2,15,17,20)(H2,16,18,21)/t12-/m0/s1. The first-order valence-corrected chi connectivity index (χ1v) is 6.60. The van der Waals surface area contributed by atoms with E-state index in [9.17, 15) is 14.7 Å². The van der Waals surface area contributed by atoms with Gasteiger partial charge in [0, 0.05) is 18.4 Å². The van der Waals surface area contributed by atoms with Gasteiger partial charge < -0.3 is 26.4 Å². The minimum atomic E-state index is -1.01. The third-order valence-electron chi connectivity index (χ3n) is 2.98. The molecule has 112 valence electrons. The minimum Gasteiger partial charge on any atom is -0.370 e. The van der Waals surface area contributed by atoms with E-state index < -0.39 is 12.3 Å². The number of aliphatic hydroxyl groups is 1. The molecule has 0 radical (unpaired) electrons. The Hall–Kier alpha value is -2.54. The molecule has 2 rings (SSSR count). The number of aliphatic hydroxyl groups excluding tert-OH is 1. The second-order valence-electron chi connectivity index (χ2n) is 4.74. The van der Waals surface area contributed by atoms with Crippen molar-refractivity contribution < 1.29 is 14.7 Å². The molecule has 1 aromatic carbocycles. The third kappa shape index (κ3) is 4.50. The lowest BCUT2D eigenvalue weighted by atomic mass is 10.1. The molecule has 1 atom stereocenters. The summed E-state index contributed by atoms with van der Waals surface area (Å²) in [6, 6.07) is 6.72. The van der Waals surface area contributed by atoms with Gasteiger partial charge in [-0.05, 0) is 36.6 Å². The predicted octanol–water partition coefficient (Wildman–Crippen LogP) is 1.02. The van der Waals surface area contributed by atoms with Crippen LogP contribution in [0.3, 0.4) is 0 Å². The van der Waals surface area contributed by atoms with Crippen LogP contribution >= 0.6 is 0 Å². The maximum atomic E-state index is 11.7. The van der Waals surface area contributed by atoms with Crippen LogP contribution in [0.15, 0.2) is 36.0 Å². The van der Waals surface area contributed by atoms with Crippen molar-refractivity contribution in [2.45, 2.75) is 19.6 Å². The highest BCUT2D eigenvalue weighted by Crippen LogP contribution is 2.09. The summed E-state index contributed by atoms with van der Waals surface area (Å²) < 4.78 is 0. The first-order valence-electron chi connectivity index (χ1n) is 6.60. The van der Waals surface area contributed by atoms with Crippen LogP contribution in [0, 0.1) is 6.92 Å². The zero-order valence-electron chi connectivity index (χ0n) is 11.6. The van der Waals surface area contributed by atoms with Crippen LogP contribution in [0.4, 0.5) is 15.3 Å². The summed E-state index contributed by atoms with van der Waals surface area (Å²) >= 11 is 0. The molecule has 7 nitrogen and oxygen atoms in total. The largest absolute Gasteiger partial charge is 0.370 e. The fourth-order valence-electron chi connectivity index (χ4n) is 1.92. The number of rotatable bonds is 4. The SMILES string of the molecule is Cc1cccc(NC(=O)NCCC2=CNC(=O)N[C@H]2O)c1. The molecule has 0 fully saturated rings. The zero-order chi connectivity index (χ0) is 15.2. The van der Waals surface area contributed by atoms with Gasteiger partial charge in [0.2, 0.25) is 0 Å². The van der Waals surface area contributed by atoms with E-state index in [2.05, 4.69) is 21.3 Å². The summed E-state index contributed by atoms with van der Waals surface area (Å²) in [7, 11) is 0. The van der Waals surface area contributed by atoms with E-state index in [1.54, 1.807) is 6.07 Å². The summed E-state index contributed by atoms with van der Waals surface area (Å²) in [5.74, 6) is 0. The van der Waals surface area contributed by atoms with Gasteiger partial charge in [-0.2, -0.15) is 0 Å². The second kappa shape index (κ2) is 6.76. The van der Waals surface area contributed by atoms with E-state index in [1.165, 1.54) is 6.20 Å². The average Bonchev–Trinajstić information content (AvgIpc) is 2.41. The first-order chi connectivity index (χ1) is 10.0. The molecule has 5 N–H and O–H groups in total. The lowest BCUT2D eigenvalue weighted by molar-refractivity contribution is 0.161. The highest BCUT2D eigenvalue weighted by Gasteiger charge is 2.18. The maximum absolute atomic E-state index is 11.7. The van der Waals surface area contributed by atoms with Crippen LogP contribution in [-0.2, 0) is 0 Å². The molecule has 0 saturated carbocycles. The monoisotopic (exact) mass is 290 g/mol. The number of benzene rings is 1. The maximum Gasteiger partial charge on any atom is 0.321 e. The summed E-state index contributed by atoms with van der Waals surface area (Å²) in [5.41, 5.74) is 2.38. The van der Waals surface area contributed by atoms with Gasteiger partial charge in [-0.3, -0.25) is 0 Å². The number of urea groups is 2. The van der Waals surface area contributed by atoms with E-state index in [0.29, 0.717) is 18.5 Å². The molecule has 0 unspecified atom stereocenters. The topological polar surface area (TPSA) is 102 Å². The van der Waals surface area contributed by atoms with Gasteiger partial charge in [-0.15, -0.1) is 0 Å². The van der Waals surface area contributed by atoms with Gasteiger partial charge in [0.1, 0.15) is 0 Å².